The van der Waals surface area contributed by atoms with Crippen LogP contribution in [0.5, 0.6) is 0 Å². The van der Waals surface area contributed by atoms with E-state index in [9.17, 15) is 14.4 Å². The van der Waals surface area contributed by atoms with Crippen molar-refractivity contribution in [3.63, 3.8) is 0 Å². The van der Waals surface area contributed by atoms with Crippen LogP contribution in [0.1, 0.15) is 39.9 Å². The molecule has 1 aromatic carbocycles. The molecule has 3 rings (SSSR count). The van der Waals surface area contributed by atoms with Gasteiger partial charge in [0.15, 0.2) is 12.4 Å². The first-order valence-electron chi connectivity index (χ1n) is 11.0. The summed E-state index contributed by atoms with van der Waals surface area (Å²) >= 11 is 1.56. The number of amides is 1. The lowest BCUT2D eigenvalue weighted by molar-refractivity contribution is -0.147. The number of hydrogen-bond donors (Lipinski definition) is 1. The van der Waals surface area contributed by atoms with Gasteiger partial charge in [-0.05, 0) is 50.7 Å². The SMILES string of the molecule is CCN1CCN(c2ccc(NC(=O)COC(=O)CCC(=O)c3cc(C)sc3C)cc2)CC1. The predicted molar refractivity (Wildman–Crippen MR) is 128 cm³/mol. The minimum atomic E-state index is -0.556. The van der Waals surface area contributed by atoms with E-state index in [4.69, 9.17) is 4.74 Å². The highest BCUT2D eigenvalue weighted by Crippen LogP contribution is 2.22. The maximum atomic E-state index is 12.2. The van der Waals surface area contributed by atoms with Crippen LogP contribution in [-0.4, -0.2) is 61.9 Å². The zero-order chi connectivity index (χ0) is 23.1. The van der Waals surface area contributed by atoms with Crippen molar-refractivity contribution in [2.45, 2.75) is 33.6 Å². The molecule has 32 heavy (non-hydrogen) atoms. The Morgan fingerprint density at radius 1 is 1.03 bits per heavy atom. The van der Waals surface area contributed by atoms with E-state index in [1.54, 1.807) is 11.3 Å². The Morgan fingerprint density at radius 2 is 1.72 bits per heavy atom. The molecule has 2 aromatic rings. The number of carbonyl (C=O) groups is 3. The van der Waals surface area contributed by atoms with Crippen molar-refractivity contribution >= 4 is 40.4 Å². The number of rotatable bonds is 9. The molecule has 1 aromatic heterocycles. The Bertz CT molecular complexity index is 947. The van der Waals surface area contributed by atoms with Crippen LogP contribution < -0.4 is 10.2 Å². The molecule has 0 atom stereocenters. The largest absolute Gasteiger partial charge is 0.456 e. The number of benzene rings is 1. The molecule has 0 spiro atoms. The van der Waals surface area contributed by atoms with Gasteiger partial charge >= 0.3 is 5.97 Å². The molecule has 172 valence electrons. The van der Waals surface area contributed by atoms with Gasteiger partial charge in [0.05, 0.1) is 6.42 Å². The van der Waals surface area contributed by atoms with E-state index in [0.29, 0.717) is 11.3 Å². The van der Waals surface area contributed by atoms with E-state index >= 15 is 0 Å². The van der Waals surface area contributed by atoms with Crippen LogP contribution in [-0.2, 0) is 14.3 Å². The first-order valence-corrected chi connectivity index (χ1v) is 11.8. The van der Waals surface area contributed by atoms with E-state index in [1.807, 2.05) is 44.2 Å². The topological polar surface area (TPSA) is 79.0 Å². The highest BCUT2D eigenvalue weighted by molar-refractivity contribution is 7.12. The number of nitrogens with one attached hydrogen (secondary N) is 1. The van der Waals surface area contributed by atoms with Crippen molar-refractivity contribution in [3.8, 4) is 0 Å². The summed E-state index contributed by atoms with van der Waals surface area (Å²) in [4.78, 5) is 43.1. The van der Waals surface area contributed by atoms with Gasteiger partial charge in [0.25, 0.3) is 5.91 Å². The fraction of sp³-hybridized carbons (Fsp3) is 0.458. The number of anilines is 2. The predicted octanol–water partition coefficient (Wildman–Crippen LogP) is 3.65. The van der Waals surface area contributed by atoms with Crippen LogP contribution in [0.15, 0.2) is 30.3 Å². The minimum absolute atomic E-state index is 0.0412. The van der Waals surface area contributed by atoms with Gasteiger partial charge in [-0.15, -0.1) is 11.3 Å². The summed E-state index contributed by atoms with van der Waals surface area (Å²) < 4.78 is 5.02. The zero-order valence-corrected chi connectivity index (χ0v) is 19.8. The molecule has 2 heterocycles. The first-order chi connectivity index (χ1) is 15.4. The number of piperazine rings is 1. The monoisotopic (exact) mass is 457 g/mol. The van der Waals surface area contributed by atoms with Gasteiger partial charge in [-0.3, -0.25) is 14.4 Å². The number of nitrogens with zero attached hydrogens (tertiary/aromatic N) is 2. The molecular formula is C24H31N3O4S. The molecule has 0 aliphatic carbocycles. The Hall–Kier alpha value is -2.71. The number of thiophene rings is 1. The van der Waals surface area contributed by atoms with Crippen molar-refractivity contribution < 1.29 is 19.1 Å². The van der Waals surface area contributed by atoms with Crippen molar-refractivity contribution in [2.75, 3.05) is 49.5 Å². The molecule has 0 bridgehead atoms. The minimum Gasteiger partial charge on any atom is -0.456 e. The van der Waals surface area contributed by atoms with E-state index < -0.39 is 11.9 Å². The summed E-state index contributed by atoms with van der Waals surface area (Å²) in [6.07, 6.45) is 0.0336. The normalized spacial score (nSPS) is 14.3. The van der Waals surface area contributed by atoms with Crippen LogP contribution >= 0.6 is 11.3 Å². The fourth-order valence-corrected chi connectivity index (χ4v) is 4.69. The second-order valence-corrected chi connectivity index (χ2v) is 9.39. The van der Waals surface area contributed by atoms with E-state index in [0.717, 1.165) is 48.2 Å². The standard InChI is InChI=1S/C24H31N3O4S/c1-4-26-11-13-27(14-12-26)20-7-5-19(6-8-20)25-23(29)16-31-24(30)10-9-22(28)21-15-17(2)32-18(21)3/h5-8,15H,4,9-14,16H2,1-3H3,(H,25,29). The molecule has 8 heteroatoms. The molecule has 0 saturated carbocycles. The third-order valence-electron chi connectivity index (χ3n) is 5.60. The average Bonchev–Trinajstić information content (AvgIpc) is 3.14. The molecule has 1 amide bonds. The molecule has 7 nitrogen and oxygen atoms in total. The van der Waals surface area contributed by atoms with Gasteiger partial charge in [-0.2, -0.15) is 0 Å². The molecule has 1 fully saturated rings. The first kappa shape index (κ1) is 23.9. The summed E-state index contributed by atoms with van der Waals surface area (Å²) in [6, 6.07) is 9.53. The second kappa shape index (κ2) is 11.2. The molecule has 1 aliphatic rings. The molecule has 1 saturated heterocycles. The summed E-state index contributed by atoms with van der Waals surface area (Å²) in [6.45, 7) is 10.8. The van der Waals surface area contributed by atoms with Crippen LogP contribution in [0, 0.1) is 13.8 Å². The van der Waals surface area contributed by atoms with Gasteiger partial charge in [0.2, 0.25) is 0 Å². The van der Waals surface area contributed by atoms with Crippen molar-refractivity contribution in [1.82, 2.24) is 4.90 Å². The number of aryl methyl sites for hydroxylation is 2. The molecule has 1 N–H and O–H groups in total. The molecule has 0 unspecified atom stereocenters. The Balaban J connectivity index is 1.38. The number of carbonyl (C=O) groups excluding carboxylic acids is 3. The number of ether oxygens (including phenoxy) is 1. The molecule has 1 aliphatic heterocycles. The smallest absolute Gasteiger partial charge is 0.306 e. The average molecular weight is 458 g/mol. The van der Waals surface area contributed by atoms with E-state index in [-0.39, 0.29) is 25.2 Å². The zero-order valence-electron chi connectivity index (χ0n) is 19.0. The highest BCUT2D eigenvalue weighted by Gasteiger charge is 2.17. The second-order valence-electron chi connectivity index (χ2n) is 7.93. The number of esters is 1. The third-order valence-corrected chi connectivity index (χ3v) is 6.56. The van der Waals surface area contributed by atoms with Gasteiger partial charge in [-0.1, -0.05) is 6.92 Å². The number of ketones is 1. The van der Waals surface area contributed by atoms with Crippen LogP contribution in [0.25, 0.3) is 0 Å². The summed E-state index contributed by atoms with van der Waals surface area (Å²) in [7, 11) is 0. The number of Topliss-reactive ketones (excluding diaryl/α,β-unsaturated/α-hetero) is 1. The van der Waals surface area contributed by atoms with Crippen LogP contribution in [0.2, 0.25) is 0 Å². The van der Waals surface area contributed by atoms with Crippen LogP contribution in [0.4, 0.5) is 11.4 Å². The number of hydrogen-bond acceptors (Lipinski definition) is 7. The van der Waals surface area contributed by atoms with Crippen molar-refractivity contribution in [3.05, 3.63) is 45.6 Å². The Labute approximate surface area is 193 Å². The Morgan fingerprint density at radius 3 is 2.31 bits per heavy atom. The van der Waals surface area contributed by atoms with Crippen molar-refractivity contribution in [2.24, 2.45) is 0 Å². The molecule has 0 radical (unpaired) electrons. The maximum absolute atomic E-state index is 12.2. The maximum Gasteiger partial charge on any atom is 0.306 e. The van der Waals surface area contributed by atoms with Crippen LogP contribution in [0.3, 0.4) is 0 Å². The lowest BCUT2D eigenvalue weighted by Crippen LogP contribution is -2.46. The van der Waals surface area contributed by atoms with Crippen molar-refractivity contribution in [1.29, 1.82) is 0 Å². The summed E-state index contributed by atoms with van der Waals surface area (Å²) in [5.74, 6) is -1.04. The van der Waals surface area contributed by atoms with Gasteiger partial charge in [0.1, 0.15) is 0 Å². The van der Waals surface area contributed by atoms with Gasteiger partial charge in [-0.25, -0.2) is 0 Å². The fourth-order valence-electron chi connectivity index (χ4n) is 3.75. The lowest BCUT2D eigenvalue weighted by Gasteiger charge is -2.35. The molecular weight excluding hydrogens is 426 g/mol. The van der Waals surface area contributed by atoms with Gasteiger partial charge in [0, 0.05) is 59.3 Å². The summed E-state index contributed by atoms with van der Waals surface area (Å²) in [5.41, 5.74) is 2.44. The highest BCUT2D eigenvalue weighted by atomic mass is 32.1. The quantitative estimate of drug-likeness (QED) is 0.457. The third kappa shape index (κ3) is 6.64. The van der Waals surface area contributed by atoms with E-state index in [2.05, 4.69) is 22.0 Å². The Kier molecular flexibility index (Phi) is 8.41. The summed E-state index contributed by atoms with van der Waals surface area (Å²) in [5, 5.41) is 2.74. The lowest BCUT2D eigenvalue weighted by atomic mass is 10.1. The van der Waals surface area contributed by atoms with Gasteiger partial charge < -0.3 is 19.9 Å². The number of likely N-dealkylation sites (N-methyl/N-ethyl adjacent to an activating group) is 1. The van der Waals surface area contributed by atoms with E-state index in [1.165, 1.54) is 0 Å².